The molecular weight excluding hydrogens is 582 g/mol. The van der Waals surface area contributed by atoms with Gasteiger partial charge in [0.2, 0.25) is 11.8 Å². The first-order chi connectivity index (χ1) is 21.4. The number of esters is 1. The van der Waals surface area contributed by atoms with Gasteiger partial charge in [0.15, 0.2) is 0 Å². The number of likely N-dealkylation sites (tertiary alicyclic amines) is 1. The Morgan fingerprint density at radius 3 is 2.45 bits per heavy atom. The second-order valence-electron chi connectivity index (χ2n) is 11.0. The number of hydrogen-bond acceptors (Lipinski definition) is 8. The summed E-state index contributed by atoms with van der Waals surface area (Å²) in [6.45, 7) is 0.432. The molecule has 0 aromatic heterocycles. The van der Waals surface area contributed by atoms with E-state index in [1.54, 1.807) is 28.8 Å². The number of carbonyl (C=O) groups excluding carboxylic acids is 4. The average molecular weight is 624 g/mol. The Morgan fingerprint density at radius 1 is 1.02 bits per heavy atom. The molecule has 4 unspecified atom stereocenters. The molecule has 0 spiro atoms. The lowest BCUT2D eigenvalue weighted by Crippen LogP contribution is -2.47. The number of thioether (sulfide) groups is 1. The van der Waals surface area contributed by atoms with Crippen LogP contribution in [0.1, 0.15) is 43.2 Å². The van der Waals surface area contributed by atoms with Gasteiger partial charge in [0.1, 0.15) is 19.3 Å². The second-order valence-corrected chi connectivity index (χ2v) is 12.0. The molecule has 0 radical (unpaired) electrons. The first kappa shape index (κ1) is 33.1. The molecule has 0 bridgehead atoms. The van der Waals surface area contributed by atoms with Gasteiger partial charge in [-0.25, -0.2) is 9.59 Å². The number of benzene rings is 2. The van der Waals surface area contributed by atoms with Crippen LogP contribution in [0.15, 0.2) is 72.8 Å². The Hall–Kier alpha value is -3.83. The van der Waals surface area contributed by atoms with Gasteiger partial charge in [0.05, 0.1) is 24.6 Å². The van der Waals surface area contributed by atoms with Crippen LogP contribution < -0.4 is 10.6 Å². The fourth-order valence-corrected chi connectivity index (χ4v) is 6.22. The lowest BCUT2D eigenvalue weighted by atomic mass is 9.97. The minimum absolute atomic E-state index is 0.00380. The SMILES string of the molecule is O=C(NC1CC=CCC(CC(=O)N2CCCC2CO)C(=O)NC(CSCc2ccccc2)COC1=O)OCc1ccccc1. The Morgan fingerprint density at radius 2 is 1.73 bits per heavy atom. The number of nitrogens with one attached hydrogen (secondary N) is 2. The highest BCUT2D eigenvalue weighted by Gasteiger charge is 2.32. The van der Waals surface area contributed by atoms with Crippen molar-refractivity contribution in [3.63, 3.8) is 0 Å². The molecule has 44 heavy (non-hydrogen) atoms. The number of amides is 3. The normalized spacial score (nSPS) is 22.7. The summed E-state index contributed by atoms with van der Waals surface area (Å²) in [6, 6.07) is 17.4. The standard InChI is InChI=1S/C33H41N3O7S/c37-19-28-15-9-17-36(28)30(38)18-26-14-7-8-16-29(35-33(41)43-20-24-10-3-1-4-11-24)32(40)42-21-27(34-31(26)39)23-44-22-25-12-5-2-6-13-25/h1-8,10-13,26-29,37H,9,14-23H2,(H,34,39)(H,35,41). The van der Waals surface area contributed by atoms with Crippen LogP contribution in [-0.4, -0.2) is 77.5 Å². The maximum atomic E-state index is 13.5. The number of nitrogens with zero attached hydrogens (tertiary/aromatic N) is 1. The quantitative estimate of drug-likeness (QED) is 0.270. The molecule has 1 fully saturated rings. The summed E-state index contributed by atoms with van der Waals surface area (Å²) in [5, 5.41) is 15.3. The molecular formula is C33H41N3O7S. The van der Waals surface area contributed by atoms with E-state index < -0.39 is 30.1 Å². The van der Waals surface area contributed by atoms with E-state index in [0.29, 0.717) is 18.1 Å². The number of aliphatic hydroxyl groups excluding tert-OH is 1. The lowest BCUT2D eigenvalue weighted by molar-refractivity contribution is -0.147. The van der Waals surface area contributed by atoms with Crippen molar-refractivity contribution < 1.29 is 33.8 Å². The zero-order valence-corrected chi connectivity index (χ0v) is 25.6. The van der Waals surface area contributed by atoms with Crippen LogP contribution in [0.4, 0.5) is 4.79 Å². The van der Waals surface area contributed by atoms with Crippen molar-refractivity contribution in [1.82, 2.24) is 15.5 Å². The molecule has 3 amide bonds. The largest absolute Gasteiger partial charge is 0.462 e. The molecule has 3 N–H and O–H groups in total. The van der Waals surface area contributed by atoms with E-state index in [9.17, 15) is 24.3 Å². The highest BCUT2D eigenvalue weighted by molar-refractivity contribution is 7.98. The van der Waals surface area contributed by atoms with Crippen molar-refractivity contribution in [1.29, 1.82) is 0 Å². The fourth-order valence-electron chi connectivity index (χ4n) is 5.21. The number of hydrogen-bond donors (Lipinski definition) is 3. The summed E-state index contributed by atoms with van der Waals surface area (Å²) in [4.78, 5) is 53.9. The molecule has 2 aliphatic rings. The lowest BCUT2D eigenvalue weighted by Gasteiger charge is -2.27. The zero-order valence-electron chi connectivity index (χ0n) is 24.8. The molecule has 4 atom stereocenters. The van der Waals surface area contributed by atoms with E-state index in [1.165, 1.54) is 0 Å². The van der Waals surface area contributed by atoms with Crippen LogP contribution in [0.3, 0.4) is 0 Å². The minimum atomic E-state index is -0.989. The highest BCUT2D eigenvalue weighted by atomic mass is 32.2. The third-order valence-corrected chi connectivity index (χ3v) is 8.83. The van der Waals surface area contributed by atoms with Gasteiger partial charge in [-0.1, -0.05) is 72.8 Å². The maximum absolute atomic E-state index is 13.5. The summed E-state index contributed by atoms with van der Waals surface area (Å²) in [6.07, 6.45) is 4.69. The molecule has 4 rings (SSSR count). The molecule has 2 heterocycles. The number of allylic oxidation sites excluding steroid dienone is 1. The van der Waals surface area contributed by atoms with E-state index in [0.717, 1.165) is 24.0 Å². The smallest absolute Gasteiger partial charge is 0.408 e. The van der Waals surface area contributed by atoms with Crippen molar-refractivity contribution in [2.45, 2.75) is 62.6 Å². The first-order valence-corrected chi connectivity index (χ1v) is 16.2. The van der Waals surface area contributed by atoms with E-state index in [-0.39, 0.29) is 56.9 Å². The van der Waals surface area contributed by atoms with Gasteiger partial charge in [-0.3, -0.25) is 9.59 Å². The van der Waals surface area contributed by atoms with Crippen LogP contribution in [0.2, 0.25) is 0 Å². The predicted molar refractivity (Wildman–Crippen MR) is 167 cm³/mol. The predicted octanol–water partition coefficient (Wildman–Crippen LogP) is 3.58. The maximum Gasteiger partial charge on any atom is 0.408 e. The molecule has 0 saturated carbocycles. The van der Waals surface area contributed by atoms with Crippen LogP contribution in [0.5, 0.6) is 0 Å². The number of cyclic esters (lactones) is 1. The molecule has 11 heteroatoms. The number of carbonyl (C=O) groups is 4. The number of rotatable bonds is 10. The van der Waals surface area contributed by atoms with Crippen LogP contribution in [-0.2, 0) is 36.2 Å². The average Bonchev–Trinajstić information content (AvgIpc) is 3.53. The molecule has 1 saturated heterocycles. The van der Waals surface area contributed by atoms with Crippen molar-refractivity contribution in [2.24, 2.45) is 5.92 Å². The molecule has 2 aromatic rings. The second kappa shape index (κ2) is 17.5. The third-order valence-electron chi connectivity index (χ3n) is 7.65. The molecule has 2 aromatic carbocycles. The van der Waals surface area contributed by atoms with Crippen LogP contribution in [0.25, 0.3) is 0 Å². The Kier molecular flexibility index (Phi) is 13.1. The highest BCUT2D eigenvalue weighted by Crippen LogP contribution is 2.22. The summed E-state index contributed by atoms with van der Waals surface area (Å²) in [5.74, 6) is -0.540. The summed E-state index contributed by atoms with van der Waals surface area (Å²) in [5.41, 5.74) is 1.94. The first-order valence-electron chi connectivity index (χ1n) is 15.0. The van der Waals surface area contributed by atoms with Crippen molar-refractivity contribution in [2.75, 3.05) is 25.5 Å². The van der Waals surface area contributed by atoms with Gasteiger partial charge in [0.25, 0.3) is 0 Å². The number of alkyl carbamates (subject to hydrolysis) is 1. The van der Waals surface area contributed by atoms with Gasteiger partial charge < -0.3 is 30.1 Å². The molecule has 2 aliphatic heterocycles. The van der Waals surface area contributed by atoms with E-state index in [2.05, 4.69) is 10.6 Å². The van der Waals surface area contributed by atoms with Gasteiger partial charge in [-0.05, 0) is 36.8 Å². The van der Waals surface area contributed by atoms with Crippen molar-refractivity contribution in [3.05, 3.63) is 83.9 Å². The Bertz CT molecular complexity index is 1260. The van der Waals surface area contributed by atoms with Crippen LogP contribution in [0, 0.1) is 5.92 Å². The topological polar surface area (TPSA) is 134 Å². The van der Waals surface area contributed by atoms with Gasteiger partial charge in [-0.2, -0.15) is 11.8 Å². The van der Waals surface area contributed by atoms with Gasteiger partial charge >= 0.3 is 12.1 Å². The van der Waals surface area contributed by atoms with E-state index in [4.69, 9.17) is 9.47 Å². The monoisotopic (exact) mass is 623 g/mol. The van der Waals surface area contributed by atoms with Crippen molar-refractivity contribution in [3.8, 4) is 0 Å². The molecule has 236 valence electrons. The summed E-state index contributed by atoms with van der Waals surface area (Å²) >= 11 is 1.60. The molecule has 10 nitrogen and oxygen atoms in total. The van der Waals surface area contributed by atoms with Crippen molar-refractivity contribution >= 4 is 35.6 Å². The van der Waals surface area contributed by atoms with E-state index >= 15 is 0 Å². The number of ether oxygens (including phenoxy) is 2. The summed E-state index contributed by atoms with van der Waals surface area (Å²) in [7, 11) is 0. The fraction of sp³-hybridized carbons (Fsp3) is 0.455. The zero-order chi connectivity index (χ0) is 31.1. The van der Waals surface area contributed by atoms with Crippen LogP contribution >= 0.6 is 11.8 Å². The van der Waals surface area contributed by atoms with Gasteiger partial charge in [0, 0.05) is 24.5 Å². The van der Waals surface area contributed by atoms with Gasteiger partial charge in [-0.15, -0.1) is 0 Å². The Balaban J connectivity index is 1.43. The number of aliphatic hydroxyl groups is 1. The van der Waals surface area contributed by atoms with E-state index in [1.807, 2.05) is 60.7 Å². The summed E-state index contributed by atoms with van der Waals surface area (Å²) < 4.78 is 10.9. The Labute approximate surface area is 262 Å². The molecule has 0 aliphatic carbocycles. The minimum Gasteiger partial charge on any atom is -0.462 e. The third kappa shape index (κ3) is 10.4.